The van der Waals surface area contributed by atoms with Crippen molar-refractivity contribution in [2.24, 2.45) is 0 Å². The third-order valence-corrected chi connectivity index (χ3v) is 6.55. The number of fused-ring (bicyclic) bond motifs is 1. The summed E-state index contributed by atoms with van der Waals surface area (Å²) in [5, 5.41) is 12.3. The van der Waals surface area contributed by atoms with Gasteiger partial charge in [0.05, 0.1) is 30.8 Å². The smallest absolute Gasteiger partial charge is 0.156 e. The van der Waals surface area contributed by atoms with Crippen LogP contribution in [0, 0.1) is 0 Å². The lowest BCUT2D eigenvalue weighted by molar-refractivity contribution is 0.0500. The van der Waals surface area contributed by atoms with Gasteiger partial charge in [-0.3, -0.25) is 0 Å². The summed E-state index contributed by atoms with van der Waals surface area (Å²) in [6.07, 6.45) is 0. The van der Waals surface area contributed by atoms with Crippen molar-refractivity contribution in [3.63, 3.8) is 0 Å². The Morgan fingerprint density at radius 3 is 2.65 bits per heavy atom. The standard InChI is InChI=1S/C19H21NO4S2/c21-20-18(12-24-11-15-4-2-1-3-5-15)14-26(22,23)13-16-6-7-19-17(10-16)8-9-25-19/h1-10,18,20-21H,11-14H2/t18-/m0/s1. The highest BCUT2D eigenvalue weighted by atomic mass is 32.2. The summed E-state index contributed by atoms with van der Waals surface area (Å²) in [4.78, 5) is 0. The minimum Gasteiger partial charge on any atom is -0.375 e. The Kier molecular flexibility index (Phi) is 6.39. The van der Waals surface area contributed by atoms with Crippen LogP contribution < -0.4 is 5.48 Å². The summed E-state index contributed by atoms with van der Waals surface area (Å²) in [5.41, 5.74) is 3.80. The van der Waals surface area contributed by atoms with Crippen molar-refractivity contribution in [2.45, 2.75) is 18.4 Å². The van der Waals surface area contributed by atoms with Crippen LogP contribution in [0.2, 0.25) is 0 Å². The van der Waals surface area contributed by atoms with Crippen LogP contribution in [-0.2, 0) is 26.9 Å². The summed E-state index contributed by atoms with van der Waals surface area (Å²) in [5.74, 6) is -0.254. The van der Waals surface area contributed by atoms with Crippen LogP contribution >= 0.6 is 11.3 Å². The highest BCUT2D eigenvalue weighted by molar-refractivity contribution is 7.90. The second-order valence-electron chi connectivity index (χ2n) is 6.17. The predicted octanol–water partition coefficient (Wildman–Crippen LogP) is 3.38. The predicted molar refractivity (Wildman–Crippen MR) is 104 cm³/mol. The van der Waals surface area contributed by atoms with Gasteiger partial charge in [0.1, 0.15) is 0 Å². The van der Waals surface area contributed by atoms with Gasteiger partial charge in [-0.05, 0) is 40.1 Å². The quantitative estimate of drug-likeness (QED) is 0.547. The highest BCUT2D eigenvalue weighted by Crippen LogP contribution is 2.22. The Bertz CT molecular complexity index is 938. The number of rotatable bonds is 9. The van der Waals surface area contributed by atoms with Crippen molar-refractivity contribution in [3.8, 4) is 0 Å². The summed E-state index contributed by atoms with van der Waals surface area (Å²) in [7, 11) is -3.39. The average molecular weight is 392 g/mol. The van der Waals surface area contributed by atoms with Gasteiger partial charge in [-0.15, -0.1) is 11.3 Å². The van der Waals surface area contributed by atoms with Crippen molar-refractivity contribution >= 4 is 31.3 Å². The van der Waals surface area contributed by atoms with Crippen molar-refractivity contribution in [2.75, 3.05) is 12.4 Å². The molecule has 0 aliphatic heterocycles. The van der Waals surface area contributed by atoms with Gasteiger partial charge in [0, 0.05) is 4.70 Å². The zero-order valence-electron chi connectivity index (χ0n) is 14.2. The second-order valence-corrected chi connectivity index (χ2v) is 9.23. The van der Waals surface area contributed by atoms with Gasteiger partial charge < -0.3 is 9.94 Å². The summed E-state index contributed by atoms with van der Waals surface area (Å²) in [6.45, 7) is 0.474. The molecule has 138 valence electrons. The van der Waals surface area contributed by atoms with E-state index in [0.717, 1.165) is 21.2 Å². The van der Waals surface area contributed by atoms with Gasteiger partial charge in [0.2, 0.25) is 0 Å². The van der Waals surface area contributed by atoms with Crippen molar-refractivity contribution in [1.82, 2.24) is 5.48 Å². The van der Waals surface area contributed by atoms with Crippen LogP contribution in [0.1, 0.15) is 11.1 Å². The third-order valence-electron chi connectivity index (χ3n) is 3.97. The van der Waals surface area contributed by atoms with Crippen LogP contribution in [0.15, 0.2) is 60.0 Å². The molecule has 26 heavy (non-hydrogen) atoms. The number of benzene rings is 2. The van der Waals surface area contributed by atoms with E-state index in [2.05, 4.69) is 5.48 Å². The normalized spacial score (nSPS) is 13.1. The molecule has 0 aliphatic rings. The number of nitrogens with one attached hydrogen (secondary N) is 1. The molecule has 0 radical (unpaired) electrons. The van der Waals surface area contributed by atoms with Gasteiger partial charge in [0.25, 0.3) is 0 Å². The maximum atomic E-state index is 12.5. The summed E-state index contributed by atoms with van der Waals surface area (Å²) >= 11 is 1.63. The molecule has 2 N–H and O–H groups in total. The van der Waals surface area contributed by atoms with E-state index >= 15 is 0 Å². The lowest BCUT2D eigenvalue weighted by Gasteiger charge is -2.16. The zero-order valence-corrected chi connectivity index (χ0v) is 15.8. The molecule has 3 rings (SSSR count). The Labute approximate surface area is 157 Å². The number of hydrogen-bond donors (Lipinski definition) is 2. The first-order valence-corrected chi connectivity index (χ1v) is 10.9. The minimum absolute atomic E-state index is 0.0599. The van der Waals surface area contributed by atoms with Gasteiger partial charge in [-0.25, -0.2) is 8.42 Å². The van der Waals surface area contributed by atoms with E-state index in [4.69, 9.17) is 4.74 Å². The number of ether oxygens (including phenoxy) is 1. The Balaban J connectivity index is 1.55. The number of thiophene rings is 1. The van der Waals surface area contributed by atoms with E-state index in [1.54, 1.807) is 11.3 Å². The molecule has 0 aliphatic carbocycles. The lowest BCUT2D eigenvalue weighted by Crippen LogP contribution is -2.37. The minimum atomic E-state index is -3.39. The van der Waals surface area contributed by atoms with Crippen LogP contribution in [0.25, 0.3) is 10.1 Å². The third kappa shape index (κ3) is 5.36. The molecule has 5 nitrogen and oxygen atoms in total. The molecule has 0 bridgehead atoms. The monoisotopic (exact) mass is 391 g/mol. The average Bonchev–Trinajstić information content (AvgIpc) is 3.09. The SMILES string of the molecule is O=S(=O)(Cc1ccc2sccc2c1)C[C@H](COCc1ccccc1)NO. The van der Waals surface area contributed by atoms with Crippen LogP contribution in [0.3, 0.4) is 0 Å². The molecule has 0 unspecified atom stereocenters. The molecule has 1 atom stereocenters. The van der Waals surface area contributed by atoms with E-state index in [1.807, 2.05) is 60.0 Å². The Hall–Kier alpha value is -1.77. The maximum absolute atomic E-state index is 12.5. The molecule has 1 heterocycles. The molecular weight excluding hydrogens is 370 g/mol. The van der Waals surface area contributed by atoms with E-state index in [9.17, 15) is 13.6 Å². The first-order valence-electron chi connectivity index (χ1n) is 8.23. The number of hydrogen-bond acceptors (Lipinski definition) is 6. The van der Waals surface area contributed by atoms with Crippen LogP contribution in [-0.4, -0.2) is 32.0 Å². The molecule has 0 fully saturated rings. The van der Waals surface area contributed by atoms with Crippen molar-refractivity contribution in [1.29, 1.82) is 0 Å². The van der Waals surface area contributed by atoms with Gasteiger partial charge >= 0.3 is 0 Å². The van der Waals surface area contributed by atoms with Crippen molar-refractivity contribution < 1.29 is 18.4 Å². The molecule has 0 spiro atoms. The molecule has 0 amide bonds. The van der Waals surface area contributed by atoms with E-state index in [1.165, 1.54) is 0 Å². The van der Waals surface area contributed by atoms with E-state index in [0.29, 0.717) is 6.61 Å². The fraction of sp³-hybridized carbons (Fsp3) is 0.263. The Morgan fingerprint density at radius 1 is 1.08 bits per heavy atom. The first kappa shape index (κ1) is 19.0. The number of sulfone groups is 1. The summed E-state index contributed by atoms with van der Waals surface area (Å²) < 4.78 is 31.6. The van der Waals surface area contributed by atoms with Gasteiger partial charge in [0.15, 0.2) is 9.84 Å². The maximum Gasteiger partial charge on any atom is 0.156 e. The van der Waals surface area contributed by atoms with Crippen molar-refractivity contribution in [3.05, 3.63) is 71.1 Å². The molecule has 2 aromatic carbocycles. The topological polar surface area (TPSA) is 75.6 Å². The molecule has 3 aromatic rings. The summed E-state index contributed by atoms with van der Waals surface area (Å²) in [6, 6.07) is 16.6. The molecular formula is C19H21NO4S2. The van der Waals surface area contributed by atoms with E-state index < -0.39 is 15.9 Å². The highest BCUT2D eigenvalue weighted by Gasteiger charge is 2.20. The van der Waals surface area contributed by atoms with Crippen LogP contribution in [0.4, 0.5) is 0 Å². The lowest BCUT2D eigenvalue weighted by atomic mass is 10.2. The van der Waals surface area contributed by atoms with Gasteiger partial charge in [-0.2, -0.15) is 5.48 Å². The fourth-order valence-corrected chi connectivity index (χ4v) is 5.10. The molecule has 0 saturated carbocycles. The first-order chi connectivity index (χ1) is 12.6. The largest absolute Gasteiger partial charge is 0.375 e. The second kappa shape index (κ2) is 8.75. The van der Waals surface area contributed by atoms with E-state index in [-0.39, 0.29) is 18.1 Å². The molecule has 7 heteroatoms. The fourth-order valence-electron chi connectivity index (χ4n) is 2.74. The zero-order chi connectivity index (χ0) is 18.4. The molecule has 0 saturated heterocycles. The number of hydroxylamine groups is 1. The van der Waals surface area contributed by atoms with Gasteiger partial charge in [-0.1, -0.05) is 36.4 Å². The van der Waals surface area contributed by atoms with Crippen LogP contribution in [0.5, 0.6) is 0 Å². The Morgan fingerprint density at radius 2 is 1.88 bits per heavy atom. The molecule has 1 aromatic heterocycles.